The molecule has 2 amide bonds. The normalized spacial score (nSPS) is 10.0. The van der Waals surface area contributed by atoms with Crippen LogP contribution in [-0.2, 0) is 0 Å². The van der Waals surface area contributed by atoms with Crippen molar-refractivity contribution < 1.29 is 25.2 Å². The van der Waals surface area contributed by atoms with Gasteiger partial charge < -0.3 is 31.1 Å². The molecule has 0 saturated carbocycles. The minimum Gasteiger partial charge on any atom is -0.508 e. The van der Waals surface area contributed by atoms with E-state index in [0.717, 1.165) is 12.1 Å². The second-order valence-corrected chi connectivity index (χ2v) is 3.98. The van der Waals surface area contributed by atoms with E-state index in [1.165, 1.54) is 24.3 Å². The van der Waals surface area contributed by atoms with Crippen LogP contribution in [0.1, 0.15) is 0 Å². The lowest BCUT2D eigenvalue weighted by molar-refractivity contribution is 0.262. The predicted molar refractivity (Wildman–Crippen MR) is 72.2 cm³/mol. The predicted octanol–water partition coefficient (Wildman–Crippen LogP) is 2.15. The number of benzene rings is 2. The maximum absolute atomic E-state index is 11.7. The molecule has 104 valence electrons. The van der Waals surface area contributed by atoms with Crippen LogP contribution in [0.3, 0.4) is 0 Å². The van der Waals surface area contributed by atoms with Crippen molar-refractivity contribution in [2.24, 2.45) is 0 Å². The van der Waals surface area contributed by atoms with Gasteiger partial charge in [0.25, 0.3) is 0 Å². The van der Waals surface area contributed by atoms with Crippen LogP contribution in [0.15, 0.2) is 36.4 Å². The number of carbonyl (C=O) groups is 1. The summed E-state index contributed by atoms with van der Waals surface area (Å²) in [5, 5.41) is 42.1. The number of nitrogens with one attached hydrogen (secondary N) is 2. The van der Waals surface area contributed by atoms with Gasteiger partial charge in [0, 0.05) is 12.1 Å². The molecule has 20 heavy (non-hydrogen) atoms. The van der Waals surface area contributed by atoms with Crippen LogP contribution in [0.2, 0.25) is 0 Å². The van der Waals surface area contributed by atoms with E-state index in [-0.39, 0.29) is 34.4 Å². The second-order valence-electron chi connectivity index (χ2n) is 3.98. The van der Waals surface area contributed by atoms with Gasteiger partial charge in [-0.3, -0.25) is 0 Å². The number of phenols is 4. The summed E-state index contributed by atoms with van der Waals surface area (Å²) in [7, 11) is 0. The number of amides is 2. The Hall–Kier alpha value is -3.09. The first kappa shape index (κ1) is 13.3. The quantitative estimate of drug-likeness (QED) is 0.370. The average Bonchev–Trinajstić information content (AvgIpc) is 2.38. The number of phenolic OH excluding ortho intramolecular Hbond substituents is 4. The molecule has 0 aliphatic heterocycles. The summed E-state index contributed by atoms with van der Waals surface area (Å²) in [4.78, 5) is 11.7. The van der Waals surface area contributed by atoms with Crippen molar-refractivity contribution in [1.82, 2.24) is 0 Å². The standard InChI is InChI=1S/C13H12N2O5/c16-7-1-3-11(18)9(5-7)14-13(20)15-10-6-8(17)2-4-12(10)19/h1-6,16-19H,(H2,14,15,20). The summed E-state index contributed by atoms with van der Waals surface area (Å²) in [6.45, 7) is 0. The van der Waals surface area contributed by atoms with E-state index in [2.05, 4.69) is 10.6 Å². The number of aromatic hydroxyl groups is 4. The molecule has 0 radical (unpaired) electrons. The monoisotopic (exact) mass is 276 g/mol. The molecule has 0 bridgehead atoms. The van der Waals surface area contributed by atoms with Crippen LogP contribution in [0.4, 0.5) is 16.2 Å². The number of carbonyl (C=O) groups excluding carboxylic acids is 1. The summed E-state index contributed by atoms with van der Waals surface area (Å²) in [6, 6.07) is 6.54. The van der Waals surface area contributed by atoms with Crippen LogP contribution < -0.4 is 10.6 Å². The third-order valence-electron chi connectivity index (χ3n) is 2.46. The molecule has 2 rings (SSSR count). The Morgan fingerprint density at radius 1 is 0.750 bits per heavy atom. The van der Waals surface area contributed by atoms with Crippen molar-refractivity contribution in [3.8, 4) is 23.0 Å². The molecular weight excluding hydrogens is 264 g/mol. The topological polar surface area (TPSA) is 122 Å². The van der Waals surface area contributed by atoms with Crippen LogP contribution in [0.5, 0.6) is 23.0 Å². The molecule has 0 heterocycles. The van der Waals surface area contributed by atoms with E-state index in [0.29, 0.717) is 0 Å². The number of hydrogen-bond donors (Lipinski definition) is 6. The lowest BCUT2D eigenvalue weighted by atomic mass is 10.2. The van der Waals surface area contributed by atoms with Crippen molar-refractivity contribution in [3.63, 3.8) is 0 Å². The SMILES string of the molecule is O=C(Nc1cc(O)ccc1O)Nc1cc(O)ccc1O. The molecule has 0 aromatic heterocycles. The molecule has 0 saturated heterocycles. The van der Waals surface area contributed by atoms with Crippen molar-refractivity contribution in [1.29, 1.82) is 0 Å². The first-order chi connectivity index (χ1) is 9.45. The van der Waals surface area contributed by atoms with Crippen LogP contribution in [-0.4, -0.2) is 26.5 Å². The molecule has 7 heteroatoms. The molecule has 0 aliphatic carbocycles. The Kier molecular flexibility index (Phi) is 3.52. The average molecular weight is 276 g/mol. The van der Waals surface area contributed by atoms with Gasteiger partial charge in [-0.2, -0.15) is 0 Å². The Morgan fingerprint density at radius 2 is 1.15 bits per heavy atom. The lowest BCUT2D eigenvalue weighted by Crippen LogP contribution is -2.19. The van der Waals surface area contributed by atoms with Gasteiger partial charge in [0.15, 0.2) is 0 Å². The van der Waals surface area contributed by atoms with Gasteiger partial charge in [-0.05, 0) is 24.3 Å². The summed E-state index contributed by atoms with van der Waals surface area (Å²) in [6.07, 6.45) is 0. The Labute approximate surface area is 113 Å². The molecule has 0 atom stereocenters. The zero-order valence-electron chi connectivity index (χ0n) is 10.2. The maximum atomic E-state index is 11.7. The van der Waals surface area contributed by atoms with Gasteiger partial charge in [0.2, 0.25) is 0 Å². The van der Waals surface area contributed by atoms with Gasteiger partial charge in [-0.15, -0.1) is 0 Å². The van der Waals surface area contributed by atoms with Gasteiger partial charge in [0.1, 0.15) is 23.0 Å². The zero-order valence-corrected chi connectivity index (χ0v) is 10.2. The Morgan fingerprint density at radius 3 is 1.55 bits per heavy atom. The van der Waals surface area contributed by atoms with Crippen LogP contribution in [0.25, 0.3) is 0 Å². The number of anilines is 2. The van der Waals surface area contributed by atoms with Gasteiger partial charge in [0.05, 0.1) is 11.4 Å². The molecule has 7 nitrogen and oxygen atoms in total. The van der Waals surface area contributed by atoms with Crippen molar-refractivity contribution in [3.05, 3.63) is 36.4 Å². The Bertz CT molecular complexity index is 602. The molecule has 2 aromatic carbocycles. The lowest BCUT2D eigenvalue weighted by Gasteiger charge is -2.10. The Balaban J connectivity index is 2.13. The molecule has 0 fully saturated rings. The number of rotatable bonds is 2. The third kappa shape index (κ3) is 3.02. The van der Waals surface area contributed by atoms with Gasteiger partial charge in [-0.25, -0.2) is 4.79 Å². The fraction of sp³-hybridized carbons (Fsp3) is 0. The highest BCUT2D eigenvalue weighted by Gasteiger charge is 2.10. The van der Waals surface area contributed by atoms with Gasteiger partial charge >= 0.3 is 6.03 Å². The fourth-order valence-corrected chi connectivity index (χ4v) is 1.52. The highest BCUT2D eigenvalue weighted by Crippen LogP contribution is 2.29. The third-order valence-corrected chi connectivity index (χ3v) is 2.46. The molecule has 6 N–H and O–H groups in total. The highest BCUT2D eigenvalue weighted by molar-refractivity contribution is 6.01. The van der Waals surface area contributed by atoms with Crippen LogP contribution >= 0.6 is 0 Å². The minimum absolute atomic E-state index is 0.00198. The maximum Gasteiger partial charge on any atom is 0.323 e. The molecule has 0 unspecified atom stereocenters. The molecule has 2 aromatic rings. The smallest absolute Gasteiger partial charge is 0.323 e. The highest BCUT2D eigenvalue weighted by atomic mass is 16.3. The molecule has 0 aliphatic rings. The first-order valence-electron chi connectivity index (χ1n) is 5.57. The van der Waals surface area contributed by atoms with E-state index >= 15 is 0 Å². The van der Waals surface area contributed by atoms with E-state index in [1.54, 1.807) is 0 Å². The second kappa shape index (κ2) is 5.27. The number of hydrogen-bond acceptors (Lipinski definition) is 5. The summed E-state index contributed by atoms with van der Waals surface area (Å²) < 4.78 is 0. The fourth-order valence-electron chi connectivity index (χ4n) is 1.52. The zero-order chi connectivity index (χ0) is 14.7. The molecule has 0 spiro atoms. The van der Waals surface area contributed by atoms with E-state index in [9.17, 15) is 25.2 Å². The summed E-state index contributed by atoms with van der Waals surface area (Å²) in [5.74, 6) is -0.701. The van der Waals surface area contributed by atoms with Crippen molar-refractivity contribution in [2.45, 2.75) is 0 Å². The van der Waals surface area contributed by atoms with Crippen molar-refractivity contribution >= 4 is 17.4 Å². The summed E-state index contributed by atoms with van der Waals surface area (Å²) in [5.41, 5.74) is 0.00397. The van der Waals surface area contributed by atoms with E-state index in [1.807, 2.05) is 0 Å². The summed E-state index contributed by atoms with van der Waals surface area (Å²) >= 11 is 0. The van der Waals surface area contributed by atoms with Crippen molar-refractivity contribution in [2.75, 3.05) is 10.6 Å². The minimum atomic E-state index is -0.758. The molecular formula is C13H12N2O5. The van der Waals surface area contributed by atoms with Gasteiger partial charge in [-0.1, -0.05) is 0 Å². The number of urea groups is 1. The largest absolute Gasteiger partial charge is 0.508 e. The first-order valence-corrected chi connectivity index (χ1v) is 5.57. The van der Waals surface area contributed by atoms with E-state index in [4.69, 9.17) is 0 Å². The van der Waals surface area contributed by atoms with E-state index < -0.39 is 6.03 Å². The van der Waals surface area contributed by atoms with Crippen LogP contribution in [0, 0.1) is 0 Å².